The maximum absolute atomic E-state index is 6.10. The van der Waals surface area contributed by atoms with Crippen LogP contribution in [0.15, 0.2) is 0 Å². The van der Waals surface area contributed by atoms with E-state index in [2.05, 4.69) is 41.5 Å². The van der Waals surface area contributed by atoms with E-state index in [1.54, 1.807) is 0 Å². The minimum atomic E-state index is 0.452. The topological polar surface area (TPSA) is 18.5 Å². The normalized spacial score (nSPS) is 37.2. The van der Waals surface area contributed by atoms with Crippen LogP contribution in [0.4, 0.5) is 0 Å². The summed E-state index contributed by atoms with van der Waals surface area (Å²) in [5, 5.41) is 0. The van der Waals surface area contributed by atoms with Crippen molar-refractivity contribution in [1.82, 2.24) is 0 Å². The van der Waals surface area contributed by atoms with Crippen LogP contribution in [0, 0.1) is 29.1 Å². The first-order chi connectivity index (χ1) is 11.9. The molecule has 0 bridgehead atoms. The van der Waals surface area contributed by atoms with E-state index in [0.717, 1.165) is 37.9 Å². The average Bonchev–Trinajstić information content (AvgIpc) is 2.59. The third-order valence-electron chi connectivity index (χ3n) is 7.36. The fraction of sp³-hybridized carbons (Fsp3) is 1.00. The minimum Gasteiger partial charge on any atom is -0.378 e. The summed E-state index contributed by atoms with van der Waals surface area (Å²) >= 11 is 0. The second-order valence-corrected chi connectivity index (χ2v) is 9.61. The molecule has 2 fully saturated rings. The summed E-state index contributed by atoms with van der Waals surface area (Å²) in [4.78, 5) is 0. The summed E-state index contributed by atoms with van der Waals surface area (Å²) in [5.74, 6) is 3.14. The van der Waals surface area contributed by atoms with E-state index in [9.17, 15) is 0 Å². The van der Waals surface area contributed by atoms with Gasteiger partial charge < -0.3 is 9.47 Å². The van der Waals surface area contributed by atoms with Gasteiger partial charge in [0.2, 0.25) is 0 Å². The molecule has 2 saturated carbocycles. The lowest BCUT2D eigenvalue weighted by Gasteiger charge is -2.49. The van der Waals surface area contributed by atoms with Crippen molar-refractivity contribution >= 4 is 0 Å². The Morgan fingerprint density at radius 3 is 1.44 bits per heavy atom. The quantitative estimate of drug-likeness (QED) is 0.498. The molecule has 2 nitrogen and oxygen atoms in total. The number of hydrogen-bond donors (Lipinski definition) is 0. The van der Waals surface area contributed by atoms with Crippen molar-refractivity contribution in [3.8, 4) is 0 Å². The molecule has 0 amide bonds. The van der Waals surface area contributed by atoms with Gasteiger partial charge in [-0.05, 0) is 80.5 Å². The van der Waals surface area contributed by atoms with Crippen molar-refractivity contribution in [2.24, 2.45) is 29.1 Å². The van der Waals surface area contributed by atoms with E-state index in [1.165, 1.54) is 38.5 Å². The molecule has 2 aliphatic rings. The Balaban J connectivity index is 1.89. The molecule has 148 valence electrons. The molecule has 0 heterocycles. The molecule has 2 rings (SSSR count). The van der Waals surface area contributed by atoms with Crippen molar-refractivity contribution in [2.45, 2.75) is 105 Å². The number of ether oxygens (including phenoxy) is 2. The fourth-order valence-electron chi connectivity index (χ4n) is 5.46. The third kappa shape index (κ3) is 5.45. The maximum Gasteiger partial charge on any atom is 0.0600 e. The third-order valence-corrected chi connectivity index (χ3v) is 7.36. The molecule has 0 aromatic carbocycles. The van der Waals surface area contributed by atoms with Crippen LogP contribution < -0.4 is 0 Å². The van der Waals surface area contributed by atoms with Crippen LogP contribution in [0.25, 0.3) is 0 Å². The van der Waals surface area contributed by atoms with E-state index in [0.29, 0.717) is 29.5 Å². The predicted octanol–water partition coefficient (Wildman–Crippen LogP) is 6.48. The SMILES string of the molecule is CCCOC1CCC(C(C)(C)C2CCC(OCCC)C(C)C2)CC1C. The maximum atomic E-state index is 6.10. The van der Waals surface area contributed by atoms with E-state index in [4.69, 9.17) is 9.47 Å². The van der Waals surface area contributed by atoms with Gasteiger partial charge in [0.1, 0.15) is 0 Å². The Hall–Kier alpha value is -0.0800. The van der Waals surface area contributed by atoms with Gasteiger partial charge >= 0.3 is 0 Å². The average molecular weight is 353 g/mol. The summed E-state index contributed by atoms with van der Waals surface area (Å²) in [6.45, 7) is 16.2. The van der Waals surface area contributed by atoms with Crippen molar-refractivity contribution in [3.05, 3.63) is 0 Å². The Kier molecular flexibility index (Phi) is 8.27. The summed E-state index contributed by atoms with van der Waals surface area (Å²) in [6, 6.07) is 0. The zero-order valence-corrected chi connectivity index (χ0v) is 17.9. The van der Waals surface area contributed by atoms with Gasteiger partial charge in [0.05, 0.1) is 12.2 Å². The lowest BCUT2D eigenvalue weighted by molar-refractivity contribution is -0.0684. The highest BCUT2D eigenvalue weighted by atomic mass is 16.5. The van der Waals surface area contributed by atoms with Crippen LogP contribution in [0.3, 0.4) is 0 Å². The molecule has 2 aliphatic carbocycles. The second kappa shape index (κ2) is 9.74. The summed E-state index contributed by atoms with van der Waals surface area (Å²) < 4.78 is 12.2. The van der Waals surface area contributed by atoms with Crippen LogP contribution in [0.5, 0.6) is 0 Å². The van der Waals surface area contributed by atoms with Crippen molar-refractivity contribution in [1.29, 1.82) is 0 Å². The zero-order valence-electron chi connectivity index (χ0n) is 17.9. The van der Waals surface area contributed by atoms with Crippen molar-refractivity contribution in [3.63, 3.8) is 0 Å². The van der Waals surface area contributed by atoms with E-state index >= 15 is 0 Å². The van der Waals surface area contributed by atoms with Gasteiger partial charge in [0, 0.05) is 13.2 Å². The van der Waals surface area contributed by atoms with Crippen LogP contribution in [-0.2, 0) is 9.47 Å². The molecule has 6 unspecified atom stereocenters. The first-order valence-corrected chi connectivity index (χ1v) is 11.1. The summed E-state index contributed by atoms with van der Waals surface area (Å²) in [6.07, 6.45) is 11.2. The van der Waals surface area contributed by atoms with E-state index in [-0.39, 0.29) is 0 Å². The molecule has 0 radical (unpaired) electrons. The van der Waals surface area contributed by atoms with Crippen molar-refractivity contribution in [2.75, 3.05) is 13.2 Å². The van der Waals surface area contributed by atoms with Crippen LogP contribution in [0.1, 0.15) is 92.9 Å². The standard InChI is InChI=1S/C23H44O2/c1-7-13-24-21-11-9-19(15-17(21)3)23(5,6)20-10-12-22(18(4)16-20)25-14-8-2/h17-22H,7-16H2,1-6H3. The molecule has 0 saturated heterocycles. The smallest absolute Gasteiger partial charge is 0.0600 e. The van der Waals surface area contributed by atoms with Crippen LogP contribution in [-0.4, -0.2) is 25.4 Å². The lowest BCUT2D eigenvalue weighted by atomic mass is 9.58. The molecular formula is C23H44O2. The Morgan fingerprint density at radius 2 is 1.12 bits per heavy atom. The second-order valence-electron chi connectivity index (χ2n) is 9.61. The fourth-order valence-corrected chi connectivity index (χ4v) is 5.46. The molecule has 0 aromatic heterocycles. The van der Waals surface area contributed by atoms with Crippen LogP contribution in [0.2, 0.25) is 0 Å². The molecule has 0 aliphatic heterocycles. The monoisotopic (exact) mass is 352 g/mol. The molecule has 0 spiro atoms. The molecule has 2 heteroatoms. The van der Waals surface area contributed by atoms with E-state index in [1.807, 2.05) is 0 Å². The van der Waals surface area contributed by atoms with E-state index < -0.39 is 0 Å². The molecule has 0 N–H and O–H groups in total. The van der Waals surface area contributed by atoms with Gasteiger partial charge in [-0.1, -0.05) is 41.5 Å². The summed E-state index contributed by atoms with van der Waals surface area (Å²) in [7, 11) is 0. The van der Waals surface area contributed by atoms with Gasteiger partial charge in [0.15, 0.2) is 0 Å². The zero-order chi connectivity index (χ0) is 18.4. The molecule has 0 aromatic rings. The first kappa shape index (κ1) is 21.2. The highest BCUT2D eigenvalue weighted by Crippen LogP contribution is 2.50. The van der Waals surface area contributed by atoms with Crippen LogP contribution >= 0.6 is 0 Å². The highest BCUT2D eigenvalue weighted by molar-refractivity contribution is 4.93. The minimum absolute atomic E-state index is 0.452. The lowest BCUT2D eigenvalue weighted by Crippen LogP contribution is -2.43. The van der Waals surface area contributed by atoms with Gasteiger partial charge in [0.25, 0.3) is 0 Å². The Morgan fingerprint density at radius 1 is 0.720 bits per heavy atom. The molecular weight excluding hydrogens is 308 g/mol. The predicted molar refractivity (Wildman–Crippen MR) is 107 cm³/mol. The van der Waals surface area contributed by atoms with Gasteiger partial charge in [-0.2, -0.15) is 0 Å². The largest absolute Gasteiger partial charge is 0.378 e. The van der Waals surface area contributed by atoms with Crippen molar-refractivity contribution < 1.29 is 9.47 Å². The number of rotatable bonds is 8. The Labute approximate surface area is 157 Å². The highest BCUT2D eigenvalue weighted by Gasteiger charge is 2.43. The molecule has 25 heavy (non-hydrogen) atoms. The van der Waals surface area contributed by atoms with Gasteiger partial charge in [-0.15, -0.1) is 0 Å². The first-order valence-electron chi connectivity index (χ1n) is 11.1. The van der Waals surface area contributed by atoms with Gasteiger partial charge in [-0.3, -0.25) is 0 Å². The number of hydrogen-bond acceptors (Lipinski definition) is 2. The molecule has 6 atom stereocenters. The summed E-state index contributed by atoms with van der Waals surface area (Å²) in [5.41, 5.74) is 0.452. The Bertz CT molecular complexity index is 344. The van der Waals surface area contributed by atoms with Gasteiger partial charge in [-0.25, -0.2) is 0 Å².